The molecule has 4 fully saturated rings. The third-order valence-electron chi connectivity index (χ3n) is 9.50. The SMILES string of the molecule is CC1(Oc2ccc([S+](c3ccccc3)c3ccccc3)cc2F)CC2CC1C1C3CCC(C3)C21. The van der Waals surface area contributed by atoms with Crippen molar-refractivity contribution in [2.75, 3.05) is 0 Å². The number of fused-ring (bicyclic) bond motifs is 9. The highest BCUT2D eigenvalue weighted by Crippen LogP contribution is 2.70. The Bertz CT molecular complexity index is 1160. The predicted molar refractivity (Wildman–Crippen MR) is 135 cm³/mol. The second-order valence-electron chi connectivity index (χ2n) is 11.2. The second kappa shape index (κ2) is 7.88. The van der Waals surface area contributed by atoms with Crippen molar-refractivity contribution in [2.45, 2.75) is 59.3 Å². The molecule has 7 rings (SSSR count). The lowest BCUT2D eigenvalue weighted by Crippen LogP contribution is -2.46. The average molecular weight is 472 g/mol. The minimum atomic E-state index is -0.349. The fourth-order valence-electron chi connectivity index (χ4n) is 8.45. The first kappa shape index (κ1) is 21.1. The van der Waals surface area contributed by atoms with Crippen molar-refractivity contribution in [1.29, 1.82) is 0 Å². The molecule has 3 heteroatoms. The van der Waals surface area contributed by atoms with E-state index in [9.17, 15) is 0 Å². The molecule has 174 valence electrons. The van der Waals surface area contributed by atoms with Crippen LogP contribution in [0.4, 0.5) is 4.39 Å². The molecule has 3 aromatic carbocycles. The van der Waals surface area contributed by atoms with Gasteiger partial charge in [0.05, 0.1) is 10.9 Å². The van der Waals surface area contributed by atoms with E-state index in [4.69, 9.17) is 4.74 Å². The first-order chi connectivity index (χ1) is 16.6. The zero-order valence-electron chi connectivity index (χ0n) is 19.7. The van der Waals surface area contributed by atoms with Crippen LogP contribution >= 0.6 is 0 Å². The van der Waals surface area contributed by atoms with Crippen LogP contribution in [-0.4, -0.2) is 5.60 Å². The average Bonchev–Trinajstić information content (AvgIpc) is 3.62. The van der Waals surface area contributed by atoms with Crippen LogP contribution in [0.5, 0.6) is 5.75 Å². The van der Waals surface area contributed by atoms with Crippen LogP contribution < -0.4 is 4.74 Å². The molecule has 1 nitrogen and oxygen atoms in total. The lowest BCUT2D eigenvalue weighted by molar-refractivity contribution is -0.0325. The van der Waals surface area contributed by atoms with Crippen molar-refractivity contribution in [2.24, 2.45) is 35.5 Å². The number of ether oxygens (including phenoxy) is 1. The van der Waals surface area contributed by atoms with Crippen molar-refractivity contribution in [1.82, 2.24) is 0 Å². The van der Waals surface area contributed by atoms with Crippen LogP contribution in [0.3, 0.4) is 0 Å². The minimum absolute atomic E-state index is 0.223. The fraction of sp³-hybridized carbons (Fsp3) is 0.419. The van der Waals surface area contributed by atoms with Gasteiger partial charge in [-0.05, 0) is 105 Å². The van der Waals surface area contributed by atoms with Crippen LogP contribution in [0.25, 0.3) is 0 Å². The van der Waals surface area contributed by atoms with Crippen molar-refractivity contribution in [3.63, 3.8) is 0 Å². The third kappa shape index (κ3) is 3.19. The van der Waals surface area contributed by atoms with Gasteiger partial charge in [0.1, 0.15) is 5.60 Å². The summed E-state index contributed by atoms with van der Waals surface area (Å²) in [7, 11) is -0.349. The van der Waals surface area contributed by atoms with Gasteiger partial charge in [-0.3, -0.25) is 0 Å². The van der Waals surface area contributed by atoms with Crippen LogP contribution in [0.15, 0.2) is 93.5 Å². The van der Waals surface area contributed by atoms with Gasteiger partial charge in [0.25, 0.3) is 0 Å². The highest BCUT2D eigenvalue weighted by Gasteiger charge is 2.66. The van der Waals surface area contributed by atoms with E-state index < -0.39 is 0 Å². The van der Waals surface area contributed by atoms with E-state index >= 15 is 4.39 Å². The molecule has 4 bridgehead atoms. The first-order valence-corrected chi connectivity index (χ1v) is 14.2. The highest BCUT2D eigenvalue weighted by molar-refractivity contribution is 7.97. The molecule has 34 heavy (non-hydrogen) atoms. The molecule has 0 heterocycles. The maximum Gasteiger partial charge on any atom is 0.170 e. The van der Waals surface area contributed by atoms with Gasteiger partial charge in [-0.1, -0.05) is 36.4 Å². The Kier molecular flexibility index (Phi) is 4.88. The number of halogens is 1. The number of rotatable bonds is 5. The maximum absolute atomic E-state index is 15.6. The van der Waals surface area contributed by atoms with Crippen LogP contribution in [0, 0.1) is 41.3 Å². The van der Waals surface area contributed by atoms with Gasteiger partial charge in [-0.25, -0.2) is 4.39 Å². The lowest BCUT2D eigenvalue weighted by atomic mass is 9.66. The van der Waals surface area contributed by atoms with Gasteiger partial charge < -0.3 is 4.74 Å². The molecular weight excluding hydrogens is 439 g/mol. The van der Waals surface area contributed by atoms with Gasteiger partial charge in [0, 0.05) is 12.0 Å². The minimum Gasteiger partial charge on any atom is -0.484 e. The lowest BCUT2D eigenvalue weighted by Gasteiger charge is -2.44. The molecule has 3 aromatic rings. The molecule has 0 aromatic heterocycles. The Morgan fingerprint density at radius 2 is 1.41 bits per heavy atom. The Morgan fingerprint density at radius 1 is 0.765 bits per heavy atom. The van der Waals surface area contributed by atoms with E-state index in [1.807, 2.05) is 18.2 Å². The van der Waals surface area contributed by atoms with Crippen molar-refractivity contribution in [3.8, 4) is 5.75 Å². The van der Waals surface area contributed by atoms with Crippen molar-refractivity contribution in [3.05, 3.63) is 84.7 Å². The predicted octanol–water partition coefficient (Wildman–Crippen LogP) is 7.76. The second-order valence-corrected chi connectivity index (χ2v) is 13.3. The van der Waals surface area contributed by atoms with Crippen LogP contribution in [0.1, 0.15) is 39.0 Å². The molecule has 4 aliphatic rings. The van der Waals surface area contributed by atoms with Gasteiger partial charge in [-0.2, -0.15) is 0 Å². The van der Waals surface area contributed by atoms with Gasteiger partial charge in [0.15, 0.2) is 26.3 Å². The van der Waals surface area contributed by atoms with Crippen molar-refractivity contribution >= 4 is 10.9 Å². The van der Waals surface area contributed by atoms with E-state index in [1.54, 1.807) is 6.07 Å². The van der Waals surface area contributed by atoms with E-state index in [-0.39, 0.29) is 22.3 Å². The molecule has 0 saturated heterocycles. The third-order valence-corrected chi connectivity index (χ3v) is 11.7. The first-order valence-electron chi connectivity index (χ1n) is 12.9. The Morgan fingerprint density at radius 3 is 2.06 bits per heavy atom. The highest BCUT2D eigenvalue weighted by atomic mass is 32.2. The Labute approximate surface area is 205 Å². The smallest absolute Gasteiger partial charge is 0.170 e. The molecule has 7 unspecified atom stereocenters. The number of hydrogen-bond acceptors (Lipinski definition) is 1. The fourth-order valence-corrected chi connectivity index (χ4v) is 10.5. The molecular formula is C31H32FOS+. The van der Waals surface area contributed by atoms with Crippen molar-refractivity contribution < 1.29 is 9.13 Å². The standard InChI is InChI=1S/C31H32FOS/c1-31(19-22-17-26(31)30-21-13-12-20(16-21)29(22)30)33-28-15-14-25(18-27(28)32)34(23-8-4-2-5-9-23)24-10-6-3-7-11-24/h2-11,14-15,18,20-22,26,29-30H,12-13,16-17,19H2,1H3/q+1. The van der Waals surface area contributed by atoms with Gasteiger partial charge >= 0.3 is 0 Å². The molecule has 0 N–H and O–H groups in total. The summed E-state index contributed by atoms with van der Waals surface area (Å²) in [5.41, 5.74) is -0.223. The van der Waals surface area contributed by atoms with Crippen LogP contribution in [0.2, 0.25) is 0 Å². The zero-order valence-corrected chi connectivity index (χ0v) is 20.5. The molecule has 0 amide bonds. The van der Waals surface area contributed by atoms with Gasteiger partial charge in [0.2, 0.25) is 0 Å². The number of hydrogen-bond donors (Lipinski definition) is 0. The van der Waals surface area contributed by atoms with E-state index in [1.165, 1.54) is 35.5 Å². The quantitative estimate of drug-likeness (QED) is 0.273. The van der Waals surface area contributed by atoms with Crippen LogP contribution in [-0.2, 0) is 10.9 Å². The summed E-state index contributed by atoms with van der Waals surface area (Å²) in [5.74, 6) is 5.23. The summed E-state index contributed by atoms with van der Waals surface area (Å²) in [6.45, 7) is 2.27. The summed E-state index contributed by atoms with van der Waals surface area (Å²) < 4.78 is 22.2. The summed E-state index contributed by atoms with van der Waals surface area (Å²) in [6.07, 6.45) is 6.71. The van der Waals surface area contributed by atoms with E-state index in [0.717, 1.165) is 40.9 Å². The molecule has 7 atom stereocenters. The van der Waals surface area contributed by atoms with Gasteiger partial charge in [-0.15, -0.1) is 0 Å². The summed E-state index contributed by atoms with van der Waals surface area (Å²) in [4.78, 5) is 3.39. The largest absolute Gasteiger partial charge is 0.484 e. The zero-order chi connectivity index (χ0) is 22.9. The molecule has 4 aliphatic carbocycles. The molecule has 0 aliphatic heterocycles. The molecule has 4 saturated carbocycles. The summed E-state index contributed by atoms with van der Waals surface area (Å²) in [6, 6.07) is 26.6. The van der Waals surface area contributed by atoms with E-state index in [0.29, 0.717) is 11.7 Å². The maximum atomic E-state index is 15.6. The Hall–Kier alpha value is -2.26. The Balaban J connectivity index is 1.18. The topological polar surface area (TPSA) is 9.23 Å². The normalized spacial score (nSPS) is 35.1. The number of benzene rings is 3. The summed E-state index contributed by atoms with van der Waals surface area (Å²) in [5, 5.41) is 0. The van der Waals surface area contributed by atoms with E-state index in [2.05, 4.69) is 61.5 Å². The summed E-state index contributed by atoms with van der Waals surface area (Å²) >= 11 is 0. The molecule has 0 radical (unpaired) electrons. The molecule has 0 spiro atoms. The monoisotopic (exact) mass is 471 g/mol.